The van der Waals surface area contributed by atoms with Crippen LogP contribution in [0.25, 0.3) is 21.9 Å². The number of ether oxygens (including phenoxy) is 1. The number of fused-ring (bicyclic) bond motifs is 1. The Morgan fingerprint density at radius 1 is 1.21 bits per heavy atom. The molecule has 0 saturated heterocycles. The number of benzene rings is 2. The molecule has 0 aliphatic heterocycles. The van der Waals surface area contributed by atoms with Crippen molar-refractivity contribution in [1.82, 2.24) is 10.3 Å². The van der Waals surface area contributed by atoms with Crippen LogP contribution in [0, 0.1) is 12.3 Å². The zero-order chi connectivity index (χ0) is 24.7. The summed E-state index contributed by atoms with van der Waals surface area (Å²) in [7, 11) is 0. The lowest BCUT2D eigenvalue weighted by molar-refractivity contribution is -0.144. The smallest absolute Gasteiger partial charge is 0.328 e. The lowest BCUT2D eigenvalue weighted by Gasteiger charge is -2.17. The topological polar surface area (TPSA) is 144 Å². The number of hydrogen-bond donors (Lipinski definition) is 4. The Morgan fingerprint density at radius 3 is 2.71 bits per heavy atom. The highest BCUT2D eigenvalue weighted by molar-refractivity contribution is 6.02. The number of carboxylic acid groups (broad SMARTS) is 1. The maximum atomic E-state index is 12.3. The molecule has 3 rings (SSSR count). The second kappa shape index (κ2) is 10.9. The Balaban J connectivity index is 2.14. The molecule has 1 aromatic heterocycles. The van der Waals surface area contributed by atoms with Crippen LogP contribution in [0.15, 0.2) is 48.7 Å². The summed E-state index contributed by atoms with van der Waals surface area (Å²) >= 11 is 0. The summed E-state index contributed by atoms with van der Waals surface area (Å²) in [5.41, 5.74) is 8.76. The summed E-state index contributed by atoms with van der Waals surface area (Å²) in [6.07, 6.45) is 6.55. The Bertz CT molecular complexity index is 1280. The highest BCUT2D eigenvalue weighted by atomic mass is 16.5. The maximum Gasteiger partial charge on any atom is 0.328 e. The van der Waals surface area contributed by atoms with E-state index in [-0.39, 0.29) is 13.0 Å². The minimum Gasteiger partial charge on any atom is -0.481 e. The molecule has 1 atom stereocenters. The molecular weight excluding hydrogens is 436 g/mol. The molecule has 0 fully saturated rings. The fourth-order valence-corrected chi connectivity index (χ4v) is 3.53. The number of nitrogens with one attached hydrogen (secondary N) is 2. The van der Waals surface area contributed by atoms with Crippen LogP contribution >= 0.6 is 0 Å². The summed E-state index contributed by atoms with van der Waals surface area (Å²) in [5.74, 6) is 0.903. The van der Waals surface area contributed by atoms with Crippen molar-refractivity contribution in [3.8, 4) is 23.5 Å². The van der Waals surface area contributed by atoms with Gasteiger partial charge < -0.3 is 20.9 Å². The second-order valence-corrected chi connectivity index (χ2v) is 7.36. The van der Waals surface area contributed by atoms with Crippen molar-refractivity contribution >= 4 is 34.6 Å². The molecule has 2 aromatic carbocycles. The number of nitrogens with zero attached hydrogens (tertiary/aromatic N) is 1. The fourth-order valence-electron chi connectivity index (χ4n) is 3.53. The molecule has 1 heterocycles. The number of amides is 2. The van der Waals surface area contributed by atoms with Crippen LogP contribution in [-0.4, -0.2) is 41.2 Å². The van der Waals surface area contributed by atoms with Crippen molar-refractivity contribution in [1.29, 1.82) is 0 Å². The first-order valence-corrected chi connectivity index (χ1v) is 10.5. The van der Waals surface area contributed by atoms with Crippen LogP contribution in [0.2, 0.25) is 0 Å². The van der Waals surface area contributed by atoms with E-state index < -0.39 is 24.0 Å². The summed E-state index contributed by atoms with van der Waals surface area (Å²) in [6, 6.07) is 10.8. The lowest BCUT2D eigenvalue weighted by atomic mass is 9.92. The monoisotopic (exact) mass is 460 g/mol. The number of hydrogen-bond acceptors (Lipinski definition) is 6. The number of nitrogens with two attached hydrogens (primary N) is 1. The third-order valence-corrected chi connectivity index (χ3v) is 4.99. The molecule has 9 heteroatoms. The molecule has 1 unspecified atom stereocenters. The quantitative estimate of drug-likeness (QED) is 0.299. The molecule has 0 saturated carbocycles. The van der Waals surface area contributed by atoms with E-state index >= 15 is 0 Å². The van der Waals surface area contributed by atoms with Crippen molar-refractivity contribution < 1.29 is 24.2 Å². The number of carbonyl (C=O) groups is 3. The summed E-state index contributed by atoms with van der Waals surface area (Å²) in [5, 5.41) is 15.7. The second-order valence-electron chi connectivity index (χ2n) is 7.36. The van der Waals surface area contributed by atoms with E-state index in [1.807, 2.05) is 6.07 Å². The number of carboxylic acids is 1. The molecule has 174 valence electrons. The molecule has 2 amide bonds. The molecule has 0 aliphatic carbocycles. The highest BCUT2D eigenvalue weighted by Crippen LogP contribution is 2.34. The van der Waals surface area contributed by atoms with Crippen molar-refractivity contribution in [2.24, 2.45) is 5.73 Å². The fraction of sp³-hybridized carbons (Fsp3) is 0.200. The number of esters is 1. The van der Waals surface area contributed by atoms with Crippen LogP contribution in [0.4, 0.5) is 10.6 Å². The number of terminal acetylenes is 1. The molecular formula is C25H24N4O5. The summed E-state index contributed by atoms with van der Waals surface area (Å²) in [4.78, 5) is 39.8. The average molecular weight is 460 g/mol. The van der Waals surface area contributed by atoms with Gasteiger partial charge >= 0.3 is 18.0 Å². The Kier molecular flexibility index (Phi) is 7.79. The molecule has 0 aliphatic rings. The van der Waals surface area contributed by atoms with Gasteiger partial charge in [0.1, 0.15) is 11.9 Å². The van der Waals surface area contributed by atoms with E-state index in [0.717, 1.165) is 11.1 Å². The van der Waals surface area contributed by atoms with Gasteiger partial charge in [0.25, 0.3) is 0 Å². The van der Waals surface area contributed by atoms with Crippen molar-refractivity contribution in [2.75, 3.05) is 18.5 Å². The first kappa shape index (κ1) is 24.2. The minimum absolute atomic E-state index is 0.124. The van der Waals surface area contributed by atoms with Gasteiger partial charge in [-0.1, -0.05) is 42.3 Å². The normalized spacial score (nSPS) is 11.3. The van der Waals surface area contributed by atoms with Crippen LogP contribution < -0.4 is 16.4 Å². The van der Waals surface area contributed by atoms with E-state index in [9.17, 15) is 14.4 Å². The van der Waals surface area contributed by atoms with Gasteiger partial charge in [0.15, 0.2) is 6.61 Å². The van der Waals surface area contributed by atoms with Gasteiger partial charge in [0.2, 0.25) is 0 Å². The number of rotatable bonds is 8. The van der Waals surface area contributed by atoms with Gasteiger partial charge in [-0.15, -0.1) is 6.42 Å². The summed E-state index contributed by atoms with van der Waals surface area (Å²) in [6.45, 7) is 2.04. The van der Waals surface area contributed by atoms with Crippen LogP contribution in [-0.2, 0) is 20.7 Å². The highest BCUT2D eigenvalue weighted by Gasteiger charge is 2.21. The first-order chi connectivity index (χ1) is 16.3. The third kappa shape index (κ3) is 5.68. The van der Waals surface area contributed by atoms with E-state index in [1.54, 1.807) is 43.3 Å². The van der Waals surface area contributed by atoms with Gasteiger partial charge in [-0.25, -0.2) is 14.6 Å². The van der Waals surface area contributed by atoms with Crippen LogP contribution in [0.3, 0.4) is 0 Å². The molecule has 0 spiro atoms. The Hall–Kier alpha value is -4.42. The van der Waals surface area contributed by atoms with Gasteiger partial charge in [-0.05, 0) is 40.6 Å². The lowest BCUT2D eigenvalue weighted by Crippen LogP contribution is -2.28. The molecule has 3 aromatic rings. The van der Waals surface area contributed by atoms with E-state index in [0.29, 0.717) is 34.3 Å². The molecule has 34 heavy (non-hydrogen) atoms. The SMILES string of the molecule is C#CCOC(=O)C(N)c1ccc(-c2cccc(CC(=O)O)c2)c2cc(NC(=O)NCC)ncc12. The number of aliphatic carboxylic acids is 1. The van der Waals surface area contributed by atoms with Gasteiger partial charge in [-0.2, -0.15) is 0 Å². The standard InChI is InChI=1S/C25H24N4O5/c1-3-10-34-24(32)23(26)18-9-8-17(16-7-5-6-15(11-16)12-22(30)31)19-13-21(28-14-20(18)19)29-25(33)27-4-2/h1,5-9,11,13-14,23H,4,10,12,26H2,2H3,(H,30,31)(H2,27,28,29,33). The third-order valence-electron chi connectivity index (χ3n) is 4.99. The molecule has 9 nitrogen and oxygen atoms in total. The van der Waals surface area contributed by atoms with Crippen molar-refractivity contribution in [2.45, 2.75) is 19.4 Å². The largest absolute Gasteiger partial charge is 0.481 e. The number of urea groups is 1. The molecule has 5 N–H and O–H groups in total. The van der Waals surface area contributed by atoms with Gasteiger partial charge in [0, 0.05) is 18.1 Å². The minimum atomic E-state index is -1.10. The molecule has 0 radical (unpaired) electrons. The number of carbonyl (C=O) groups excluding carboxylic acids is 2. The predicted octanol–water partition coefficient (Wildman–Crippen LogP) is 2.85. The Labute approximate surface area is 196 Å². The zero-order valence-electron chi connectivity index (χ0n) is 18.5. The molecule has 0 bridgehead atoms. The first-order valence-electron chi connectivity index (χ1n) is 10.5. The van der Waals surface area contributed by atoms with Gasteiger partial charge in [-0.3, -0.25) is 10.1 Å². The van der Waals surface area contributed by atoms with Crippen molar-refractivity contribution in [3.63, 3.8) is 0 Å². The number of anilines is 1. The number of aromatic nitrogens is 1. The van der Waals surface area contributed by atoms with E-state index in [1.165, 1.54) is 6.20 Å². The summed E-state index contributed by atoms with van der Waals surface area (Å²) < 4.78 is 4.99. The van der Waals surface area contributed by atoms with Crippen molar-refractivity contribution in [3.05, 3.63) is 59.8 Å². The number of pyridine rings is 1. The van der Waals surface area contributed by atoms with E-state index in [4.69, 9.17) is 22.0 Å². The van der Waals surface area contributed by atoms with Gasteiger partial charge in [0.05, 0.1) is 6.42 Å². The zero-order valence-corrected chi connectivity index (χ0v) is 18.5. The predicted molar refractivity (Wildman–Crippen MR) is 128 cm³/mol. The maximum absolute atomic E-state index is 12.3. The van der Waals surface area contributed by atoms with Crippen LogP contribution in [0.5, 0.6) is 0 Å². The Morgan fingerprint density at radius 2 is 2.00 bits per heavy atom. The average Bonchev–Trinajstić information content (AvgIpc) is 2.81. The van der Waals surface area contributed by atoms with E-state index in [2.05, 4.69) is 21.5 Å². The van der Waals surface area contributed by atoms with Crippen LogP contribution in [0.1, 0.15) is 24.1 Å².